The molecule has 1 N–H and O–H groups in total. The molecule has 0 aromatic carbocycles. The normalized spacial score (nSPS) is 11.2. The third-order valence-corrected chi connectivity index (χ3v) is 2.32. The molecule has 0 aliphatic rings. The topological polar surface area (TPSA) is 81.4 Å². The summed E-state index contributed by atoms with van der Waals surface area (Å²) in [5.74, 6) is -1.56. The summed E-state index contributed by atoms with van der Waals surface area (Å²) in [5, 5.41) is 12.9. The van der Waals surface area contributed by atoms with Crippen LogP contribution >= 0.6 is 0 Å². The molecule has 0 saturated heterocycles. The molecular formula is C11H16N2O4. The predicted molar refractivity (Wildman–Crippen MR) is 59.0 cm³/mol. The number of aromatic nitrogens is 2. The zero-order chi connectivity index (χ0) is 13.1. The largest absolute Gasteiger partial charge is 0.481 e. The number of carboxylic acids is 1. The Kier molecular flexibility index (Phi) is 3.88. The van der Waals surface area contributed by atoms with Crippen molar-refractivity contribution in [3.05, 3.63) is 18.0 Å². The minimum Gasteiger partial charge on any atom is -0.481 e. The molecule has 0 fully saturated rings. The second-order valence-corrected chi connectivity index (χ2v) is 4.51. The van der Waals surface area contributed by atoms with Crippen molar-refractivity contribution in [1.29, 1.82) is 0 Å². The van der Waals surface area contributed by atoms with Gasteiger partial charge in [-0.05, 0) is 19.9 Å². The van der Waals surface area contributed by atoms with Gasteiger partial charge in [-0.2, -0.15) is 5.10 Å². The Bertz CT molecular complexity index is 423. The number of carbonyl (C=O) groups is 2. The maximum absolute atomic E-state index is 11.4. The van der Waals surface area contributed by atoms with Crippen LogP contribution in [0.2, 0.25) is 0 Å². The van der Waals surface area contributed by atoms with E-state index in [1.54, 1.807) is 24.0 Å². The maximum atomic E-state index is 11.4. The Morgan fingerprint density at radius 2 is 2.18 bits per heavy atom. The van der Waals surface area contributed by atoms with Crippen LogP contribution in [0.5, 0.6) is 0 Å². The van der Waals surface area contributed by atoms with Crippen LogP contribution in [0.4, 0.5) is 0 Å². The van der Waals surface area contributed by atoms with Crippen molar-refractivity contribution in [1.82, 2.24) is 9.78 Å². The number of esters is 1. The fourth-order valence-corrected chi connectivity index (χ4v) is 1.18. The van der Waals surface area contributed by atoms with E-state index in [0.717, 1.165) is 0 Å². The summed E-state index contributed by atoms with van der Waals surface area (Å²) in [6.45, 7) is 3.03. The molecule has 0 aliphatic heterocycles. The fraction of sp³-hybridized carbons (Fsp3) is 0.545. The molecule has 1 aromatic rings. The highest BCUT2D eigenvalue weighted by Crippen LogP contribution is 2.21. The number of hydrogen-bond acceptors (Lipinski definition) is 4. The second-order valence-electron chi connectivity index (χ2n) is 4.51. The van der Waals surface area contributed by atoms with Gasteiger partial charge in [-0.1, -0.05) is 0 Å². The molecule has 0 aliphatic carbocycles. The minimum atomic E-state index is -1.11. The van der Waals surface area contributed by atoms with E-state index in [1.807, 2.05) is 0 Å². The van der Waals surface area contributed by atoms with Gasteiger partial charge in [0.05, 0.1) is 17.5 Å². The summed E-state index contributed by atoms with van der Waals surface area (Å²) in [6.07, 6.45) is 1.58. The van der Waals surface area contributed by atoms with Crippen LogP contribution in [0, 0.1) is 5.41 Å². The zero-order valence-corrected chi connectivity index (χ0v) is 10.1. The average Bonchev–Trinajstić information content (AvgIpc) is 2.60. The molecule has 0 saturated carbocycles. The van der Waals surface area contributed by atoms with Crippen molar-refractivity contribution in [3.63, 3.8) is 0 Å². The first-order chi connectivity index (χ1) is 7.81. The summed E-state index contributed by atoms with van der Waals surface area (Å²) in [5.41, 5.74) is -0.477. The Labute approximate surface area is 99.2 Å². The molecule has 0 amide bonds. The van der Waals surface area contributed by atoms with E-state index in [9.17, 15) is 9.59 Å². The van der Waals surface area contributed by atoms with Gasteiger partial charge in [0.1, 0.15) is 6.61 Å². The summed E-state index contributed by atoms with van der Waals surface area (Å²) in [4.78, 5) is 22.2. The lowest BCUT2D eigenvalue weighted by molar-refractivity contribution is -0.157. The molecule has 1 heterocycles. The van der Waals surface area contributed by atoms with E-state index in [1.165, 1.54) is 13.8 Å². The van der Waals surface area contributed by atoms with Gasteiger partial charge in [-0.3, -0.25) is 14.3 Å². The molecule has 1 rings (SSSR count). The highest BCUT2D eigenvalue weighted by atomic mass is 16.5. The summed E-state index contributed by atoms with van der Waals surface area (Å²) >= 11 is 0. The van der Waals surface area contributed by atoms with Crippen molar-refractivity contribution in [2.45, 2.75) is 26.9 Å². The van der Waals surface area contributed by atoms with E-state index in [4.69, 9.17) is 9.84 Å². The number of rotatable bonds is 5. The summed E-state index contributed by atoms with van der Waals surface area (Å²) in [6, 6.07) is 1.73. The highest BCUT2D eigenvalue weighted by molar-refractivity contribution is 5.81. The Morgan fingerprint density at radius 1 is 1.53 bits per heavy atom. The molecule has 0 spiro atoms. The fourth-order valence-electron chi connectivity index (χ4n) is 1.18. The van der Waals surface area contributed by atoms with Crippen LogP contribution < -0.4 is 0 Å². The van der Waals surface area contributed by atoms with E-state index < -0.39 is 17.4 Å². The smallest absolute Gasteiger partial charge is 0.309 e. The van der Waals surface area contributed by atoms with Crippen LogP contribution in [-0.2, 0) is 28.0 Å². The summed E-state index contributed by atoms with van der Waals surface area (Å²) < 4.78 is 6.55. The van der Waals surface area contributed by atoms with Gasteiger partial charge in [0.2, 0.25) is 0 Å². The van der Waals surface area contributed by atoms with Crippen molar-refractivity contribution < 1.29 is 19.4 Å². The van der Waals surface area contributed by atoms with Gasteiger partial charge in [-0.15, -0.1) is 0 Å². The van der Waals surface area contributed by atoms with Crippen LogP contribution in [0.1, 0.15) is 26.0 Å². The molecule has 94 valence electrons. The molecule has 0 atom stereocenters. The number of aliphatic carboxylic acids is 1. The maximum Gasteiger partial charge on any atom is 0.309 e. The molecule has 0 radical (unpaired) electrons. The number of hydrogen-bond donors (Lipinski definition) is 1. The lowest BCUT2D eigenvalue weighted by atomic mass is 9.90. The SMILES string of the molecule is Cn1ccc(COC(=O)CC(C)(C)C(=O)O)n1. The van der Waals surface area contributed by atoms with E-state index in [-0.39, 0.29) is 13.0 Å². The first-order valence-electron chi connectivity index (χ1n) is 5.19. The van der Waals surface area contributed by atoms with Crippen molar-refractivity contribution in [2.24, 2.45) is 12.5 Å². The first-order valence-corrected chi connectivity index (χ1v) is 5.19. The average molecular weight is 240 g/mol. The lowest BCUT2D eigenvalue weighted by Gasteiger charge is -2.17. The highest BCUT2D eigenvalue weighted by Gasteiger charge is 2.30. The minimum absolute atomic E-state index is 0.0649. The molecule has 6 nitrogen and oxygen atoms in total. The molecule has 0 unspecified atom stereocenters. The molecule has 17 heavy (non-hydrogen) atoms. The Balaban J connectivity index is 2.43. The third kappa shape index (κ3) is 3.90. The first kappa shape index (κ1) is 13.2. The van der Waals surface area contributed by atoms with E-state index in [2.05, 4.69) is 5.10 Å². The van der Waals surface area contributed by atoms with Crippen molar-refractivity contribution >= 4 is 11.9 Å². The lowest BCUT2D eigenvalue weighted by Crippen LogP contribution is -2.27. The number of aryl methyl sites for hydroxylation is 1. The molecule has 1 aromatic heterocycles. The Hall–Kier alpha value is -1.85. The standard InChI is InChI=1S/C11H16N2O4/c1-11(2,10(15)16)6-9(14)17-7-8-4-5-13(3)12-8/h4-5H,6-7H2,1-3H3,(H,15,16). The van der Waals surface area contributed by atoms with Gasteiger partial charge < -0.3 is 9.84 Å². The van der Waals surface area contributed by atoms with Gasteiger partial charge in [0.15, 0.2) is 0 Å². The van der Waals surface area contributed by atoms with Gasteiger partial charge in [-0.25, -0.2) is 0 Å². The number of ether oxygens (including phenoxy) is 1. The Morgan fingerprint density at radius 3 is 2.65 bits per heavy atom. The zero-order valence-electron chi connectivity index (χ0n) is 10.1. The number of carbonyl (C=O) groups excluding carboxylic acids is 1. The van der Waals surface area contributed by atoms with Gasteiger partial charge in [0.25, 0.3) is 0 Å². The van der Waals surface area contributed by atoms with E-state index in [0.29, 0.717) is 5.69 Å². The second kappa shape index (κ2) is 4.99. The van der Waals surface area contributed by atoms with Crippen molar-refractivity contribution in [3.8, 4) is 0 Å². The predicted octanol–water partition coefficient (Wildman–Crippen LogP) is 0.964. The molecule has 0 bridgehead atoms. The number of carboxylic acid groups (broad SMARTS) is 1. The van der Waals surface area contributed by atoms with E-state index >= 15 is 0 Å². The monoisotopic (exact) mass is 240 g/mol. The van der Waals surface area contributed by atoms with Crippen molar-refractivity contribution in [2.75, 3.05) is 0 Å². The molecule has 6 heteroatoms. The quantitative estimate of drug-likeness (QED) is 0.775. The molecular weight excluding hydrogens is 224 g/mol. The van der Waals surface area contributed by atoms with Crippen LogP contribution in [0.15, 0.2) is 12.3 Å². The third-order valence-electron chi connectivity index (χ3n) is 2.32. The summed E-state index contributed by atoms with van der Waals surface area (Å²) in [7, 11) is 1.76. The van der Waals surface area contributed by atoms with Gasteiger partial charge in [0, 0.05) is 13.2 Å². The number of nitrogens with zero attached hydrogens (tertiary/aromatic N) is 2. The van der Waals surface area contributed by atoms with Crippen LogP contribution in [0.3, 0.4) is 0 Å². The van der Waals surface area contributed by atoms with Crippen LogP contribution in [0.25, 0.3) is 0 Å². The van der Waals surface area contributed by atoms with Crippen LogP contribution in [-0.4, -0.2) is 26.8 Å². The van der Waals surface area contributed by atoms with Gasteiger partial charge >= 0.3 is 11.9 Å².